The average molecular weight is 267 g/mol. The largest absolute Gasteiger partial charge is 0.397 e. The zero-order valence-electron chi connectivity index (χ0n) is 9.35. The Balaban J connectivity index is 1.93. The predicted molar refractivity (Wildman–Crippen MR) is 66.1 cm³/mol. The Morgan fingerprint density at radius 2 is 2.33 bits per heavy atom. The Labute approximate surface area is 108 Å². The number of aromatic nitrogens is 4. The fourth-order valence-electron chi connectivity index (χ4n) is 1.38. The minimum atomic E-state index is -0.295. The molecule has 4 N–H and O–H groups in total. The van der Waals surface area contributed by atoms with Crippen LogP contribution in [0.4, 0.5) is 5.69 Å². The fraction of sp³-hybridized carbons (Fsp3) is 0.200. The fourth-order valence-corrected chi connectivity index (χ4v) is 1.54. The highest BCUT2D eigenvalue weighted by Crippen LogP contribution is 2.14. The Hall–Kier alpha value is -2.15. The lowest BCUT2D eigenvalue weighted by Crippen LogP contribution is -2.26. The normalized spacial score (nSPS) is 10.3. The van der Waals surface area contributed by atoms with Gasteiger partial charge in [0, 0.05) is 13.0 Å². The third-order valence-electron chi connectivity index (χ3n) is 2.26. The molecule has 0 saturated heterocycles. The molecule has 0 atom stereocenters. The highest BCUT2D eigenvalue weighted by atomic mass is 35.5. The Morgan fingerprint density at radius 3 is 3.06 bits per heavy atom. The zero-order chi connectivity index (χ0) is 13.0. The van der Waals surface area contributed by atoms with Crippen LogP contribution in [-0.2, 0) is 6.42 Å². The Morgan fingerprint density at radius 1 is 1.50 bits per heavy atom. The smallest absolute Gasteiger partial charge is 0.253 e. The number of amides is 1. The van der Waals surface area contributed by atoms with Crippen molar-refractivity contribution in [3.8, 4) is 0 Å². The van der Waals surface area contributed by atoms with Crippen molar-refractivity contribution < 1.29 is 4.79 Å². The number of nitrogens with one attached hydrogen (secondary N) is 2. The van der Waals surface area contributed by atoms with E-state index in [4.69, 9.17) is 17.3 Å². The second-order valence-corrected chi connectivity index (χ2v) is 3.92. The van der Waals surface area contributed by atoms with Crippen LogP contribution in [0.5, 0.6) is 0 Å². The summed E-state index contributed by atoms with van der Waals surface area (Å²) in [5.74, 6) is 0.410. The van der Waals surface area contributed by atoms with E-state index in [0.29, 0.717) is 24.4 Å². The highest BCUT2D eigenvalue weighted by molar-refractivity contribution is 6.29. The Bertz CT molecular complexity index is 541. The summed E-state index contributed by atoms with van der Waals surface area (Å²) in [5.41, 5.74) is 6.25. The molecule has 0 bridgehead atoms. The molecule has 8 heteroatoms. The van der Waals surface area contributed by atoms with Gasteiger partial charge in [-0.05, 0) is 6.07 Å². The van der Waals surface area contributed by atoms with Crippen LogP contribution in [0.2, 0.25) is 5.15 Å². The number of anilines is 1. The van der Waals surface area contributed by atoms with Gasteiger partial charge in [-0.3, -0.25) is 9.89 Å². The van der Waals surface area contributed by atoms with Crippen LogP contribution in [-0.4, -0.2) is 32.6 Å². The van der Waals surface area contributed by atoms with Gasteiger partial charge in [-0.25, -0.2) is 9.97 Å². The summed E-state index contributed by atoms with van der Waals surface area (Å²) in [6.07, 6.45) is 3.33. The van der Waals surface area contributed by atoms with Crippen LogP contribution < -0.4 is 11.1 Å². The van der Waals surface area contributed by atoms with Gasteiger partial charge >= 0.3 is 0 Å². The van der Waals surface area contributed by atoms with Crippen LogP contribution in [0.15, 0.2) is 18.6 Å². The minimum Gasteiger partial charge on any atom is -0.397 e. The topological polar surface area (TPSA) is 110 Å². The number of nitrogen functional groups attached to an aromatic ring is 1. The molecule has 0 aliphatic rings. The number of halogens is 1. The number of carbonyl (C=O) groups is 1. The molecule has 94 valence electrons. The summed E-state index contributed by atoms with van der Waals surface area (Å²) in [4.78, 5) is 19.5. The van der Waals surface area contributed by atoms with Crippen molar-refractivity contribution in [3.63, 3.8) is 0 Å². The molecule has 0 aliphatic heterocycles. The van der Waals surface area contributed by atoms with Gasteiger partial charge in [0.05, 0.1) is 17.4 Å². The average Bonchev–Trinajstić information content (AvgIpc) is 2.85. The third-order valence-corrected chi connectivity index (χ3v) is 2.47. The highest BCUT2D eigenvalue weighted by Gasteiger charge is 2.10. The molecule has 0 aliphatic carbocycles. The van der Waals surface area contributed by atoms with Crippen molar-refractivity contribution >= 4 is 23.2 Å². The maximum absolute atomic E-state index is 11.8. The van der Waals surface area contributed by atoms with Gasteiger partial charge in [-0.2, -0.15) is 5.10 Å². The summed E-state index contributed by atoms with van der Waals surface area (Å²) in [6, 6.07) is 1.43. The number of pyridine rings is 1. The number of rotatable bonds is 4. The van der Waals surface area contributed by atoms with Gasteiger partial charge in [0.1, 0.15) is 17.3 Å². The van der Waals surface area contributed by atoms with Crippen LogP contribution in [0.1, 0.15) is 16.2 Å². The lowest BCUT2D eigenvalue weighted by molar-refractivity contribution is 0.0955. The van der Waals surface area contributed by atoms with E-state index in [-0.39, 0.29) is 16.7 Å². The van der Waals surface area contributed by atoms with Crippen LogP contribution in [0, 0.1) is 0 Å². The summed E-state index contributed by atoms with van der Waals surface area (Å²) in [6.45, 7) is 0.424. The van der Waals surface area contributed by atoms with Crippen molar-refractivity contribution in [2.24, 2.45) is 0 Å². The van der Waals surface area contributed by atoms with Crippen LogP contribution >= 0.6 is 11.6 Å². The van der Waals surface area contributed by atoms with Gasteiger partial charge < -0.3 is 11.1 Å². The molecule has 2 aromatic rings. The second-order valence-electron chi connectivity index (χ2n) is 3.53. The van der Waals surface area contributed by atoms with Crippen molar-refractivity contribution in [1.82, 2.24) is 25.5 Å². The van der Waals surface area contributed by atoms with Crippen molar-refractivity contribution in [3.05, 3.63) is 35.1 Å². The first kappa shape index (κ1) is 12.3. The van der Waals surface area contributed by atoms with Crippen LogP contribution in [0.3, 0.4) is 0 Å². The summed E-state index contributed by atoms with van der Waals surface area (Å²) in [5, 5.41) is 9.35. The Kier molecular flexibility index (Phi) is 3.73. The molecule has 2 aromatic heterocycles. The molecule has 0 unspecified atom stereocenters. The minimum absolute atomic E-state index is 0.226. The van der Waals surface area contributed by atoms with E-state index in [0.717, 1.165) is 0 Å². The van der Waals surface area contributed by atoms with E-state index in [2.05, 4.69) is 25.5 Å². The number of carbonyl (C=O) groups excluding carboxylic acids is 1. The maximum atomic E-state index is 11.8. The van der Waals surface area contributed by atoms with E-state index < -0.39 is 0 Å². The van der Waals surface area contributed by atoms with Crippen molar-refractivity contribution in [1.29, 1.82) is 0 Å². The number of hydrogen-bond acceptors (Lipinski definition) is 5. The van der Waals surface area contributed by atoms with Gasteiger partial charge in [0.2, 0.25) is 0 Å². The van der Waals surface area contributed by atoms with E-state index in [1.54, 1.807) is 0 Å². The summed E-state index contributed by atoms with van der Waals surface area (Å²) < 4.78 is 0. The molecule has 0 spiro atoms. The molecule has 0 fully saturated rings. The van der Waals surface area contributed by atoms with Gasteiger partial charge in [0.15, 0.2) is 0 Å². The number of H-pyrrole nitrogens is 1. The number of hydrogen-bond donors (Lipinski definition) is 3. The van der Waals surface area contributed by atoms with Crippen LogP contribution in [0.25, 0.3) is 0 Å². The summed E-state index contributed by atoms with van der Waals surface area (Å²) in [7, 11) is 0. The SMILES string of the molecule is Nc1cnc(Cl)cc1C(=O)NCCc1ncn[nH]1. The zero-order valence-corrected chi connectivity index (χ0v) is 10.1. The molecule has 7 nitrogen and oxygen atoms in total. The first-order valence-electron chi connectivity index (χ1n) is 5.20. The molecule has 0 saturated carbocycles. The van der Waals surface area contributed by atoms with Crippen molar-refractivity contribution in [2.45, 2.75) is 6.42 Å². The molecule has 2 heterocycles. The van der Waals surface area contributed by atoms with Gasteiger partial charge in [0.25, 0.3) is 5.91 Å². The third kappa shape index (κ3) is 2.95. The van der Waals surface area contributed by atoms with E-state index in [1.807, 2.05) is 0 Å². The second kappa shape index (κ2) is 5.46. The lowest BCUT2D eigenvalue weighted by atomic mass is 10.2. The van der Waals surface area contributed by atoms with E-state index in [1.165, 1.54) is 18.6 Å². The number of aromatic amines is 1. The van der Waals surface area contributed by atoms with E-state index in [9.17, 15) is 4.79 Å². The molecule has 1 amide bonds. The lowest BCUT2D eigenvalue weighted by Gasteiger charge is -2.06. The van der Waals surface area contributed by atoms with Crippen molar-refractivity contribution in [2.75, 3.05) is 12.3 Å². The van der Waals surface area contributed by atoms with Gasteiger partial charge in [-0.15, -0.1) is 0 Å². The first-order valence-corrected chi connectivity index (χ1v) is 5.58. The van der Waals surface area contributed by atoms with Gasteiger partial charge in [-0.1, -0.05) is 11.6 Å². The monoisotopic (exact) mass is 266 g/mol. The molecular formula is C10H11ClN6O. The molecule has 2 rings (SSSR count). The summed E-state index contributed by atoms with van der Waals surface area (Å²) >= 11 is 5.71. The molecule has 0 aromatic carbocycles. The predicted octanol–water partition coefficient (Wildman–Crippen LogP) is 0.408. The molecule has 0 radical (unpaired) electrons. The number of nitrogens with zero attached hydrogens (tertiary/aromatic N) is 3. The maximum Gasteiger partial charge on any atom is 0.253 e. The standard InChI is InChI=1S/C10H11ClN6O/c11-8-3-6(7(12)4-14-8)10(18)13-2-1-9-15-5-16-17-9/h3-5H,1-2,12H2,(H,13,18)(H,15,16,17). The first-order chi connectivity index (χ1) is 8.66. The quantitative estimate of drug-likeness (QED) is 0.694. The molecule has 18 heavy (non-hydrogen) atoms. The molecular weight excluding hydrogens is 256 g/mol. The van der Waals surface area contributed by atoms with E-state index >= 15 is 0 Å². The number of nitrogens with two attached hydrogens (primary N) is 1.